The first-order valence-electron chi connectivity index (χ1n) is 22.4. The third-order valence-electron chi connectivity index (χ3n) is 12.4. The van der Waals surface area contributed by atoms with Crippen LogP contribution >= 0.6 is 11.6 Å². The van der Waals surface area contributed by atoms with Gasteiger partial charge in [0, 0.05) is 56.2 Å². The number of carbonyl (C=O) groups excluding carboxylic acids is 2. The maximum atomic E-state index is 13.1. The largest absolute Gasteiger partial charge is 0.487 e. The van der Waals surface area contributed by atoms with E-state index < -0.39 is 14.4 Å². The molecule has 5 aromatic carbocycles. The first-order valence-corrected chi connectivity index (χ1v) is 25.6. The average molecular weight is 915 g/mol. The molecular formula is C52H60ClN5O6Si. The number of fused-ring (bicyclic) bond motifs is 1. The number of aromatic nitrogens is 1. The molecule has 1 saturated heterocycles. The second kappa shape index (κ2) is 21.5. The first kappa shape index (κ1) is 47.2. The Hall–Kier alpha value is -5.76. The highest BCUT2D eigenvalue weighted by atomic mass is 35.5. The maximum Gasteiger partial charge on any atom is 0.411 e. The van der Waals surface area contributed by atoms with Gasteiger partial charge in [-0.25, -0.2) is 4.79 Å². The van der Waals surface area contributed by atoms with Gasteiger partial charge >= 0.3 is 6.09 Å². The number of H-pyrrole nitrogens is 1. The Morgan fingerprint density at radius 2 is 1.54 bits per heavy atom. The molecule has 0 bridgehead atoms. The molecule has 1 aliphatic heterocycles. The highest BCUT2D eigenvalue weighted by Gasteiger charge is 2.40. The van der Waals surface area contributed by atoms with E-state index in [0.717, 1.165) is 46.3 Å². The van der Waals surface area contributed by atoms with E-state index in [9.17, 15) is 14.4 Å². The number of nitrogens with zero attached hydrogens (tertiary/aromatic N) is 1. The number of likely N-dealkylation sites (tertiary alicyclic amines) is 1. The standard InChI is InChI=1S/C52H60ClN5O6Si/c1-52(2,3)65(4,5)64-47(41-21-24-46(50-42(41)22-25-48(59)57-50)62-35-36-14-8-6-9-15-36)34-54-33-37-20-23-45(43(53)32-37)55-49(60)28-31-58-29-26-39(27-30-58)63-51(61)56-44-19-13-12-18-40(44)38-16-10-7-11-17-38/h6-25,32,39,47,54H,26-31,33-35H2,1-5H3,(H,55,60)(H,56,61)(H,57,59)/t47-/m0/s1. The van der Waals surface area contributed by atoms with Gasteiger partial charge in [-0.1, -0.05) is 123 Å². The lowest BCUT2D eigenvalue weighted by Gasteiger charge is -2.39. The number of aromatic amines is 1. The van der Waals surface area contributed by atoms with Crippen molar-refractivity contribution in [3.05, 3.63) is 159 Å². The summed E-state index contributed by atoms with van der Waals surface area (Å²) in [7, 11) is -2.26. The Balaban J connectivity index is 0.904. The molecule has 2 heterocycles. The first-order chi connectivity index (χ1) is 31.2. The predicted molar refractivity (Wildman–Crippen MR) is 264 cm³/mol. The summed E-state index contributed by atoms with van der Waals surface area (Å²) in [6.07, 6.45) is 0.689. The average Bonchev–Trinajstić information content (AvgIpc) is 3.29. The molecular weight excluding hydrogens is 854 g/mol. The molecule has 7 rings (SSSR count). The number of para-hydroxylation sites is 1. The van der Waals surface area contributed by atoms with Gasteiger partial charge in [-0.2, -0.15) is 0 Å². The molecule has 1 fully saturated rings. The molecule has 13 heteroatoms. The van der Waals surface area contributed by atoms with Crippen LogP contribution in [0.3, 0.4) is 0 Å². The van der Waals surface area contributed by atoms with E-state index in [0.29, 0.717) is 73.2 Å². The molecule has 4 N–H and O–H groups in total. The van der Waals surface area contributed by atoms with Crippen molar-refractivity contribution >= 4 is 54.2 Å². The minimum atomic E-state index is -2.26. The predicted octanol–water partition coefficient (Wildman–Crippen LogP) is 11.3. The van der Waals surface area contributed by atoms with Crippen molar-refractivity contribution in [2.45, 2.75) is 83.5 Å². The summed E-state index contributed by atoms with van der Waals surface area (Å²) in [5.41, 5.74) is 6.58. The topological polar surface area (TPSA) is 134 Å². The van der Waals surface area contributed by atoms with E-state index in [1.54, 1.807) is 6.07 Å². The van der Waals surface area contributed by atoms with Crippen molar-refractivity contribution in [2.75, 3.05) is 36.8 Å². The number of ether oxygens (including phenoxy) is 2. The molecule has 0 spiro atoms. The van der Waals surface area contributed by atoms with Crippen molar-refractivity contribution in [3.8, 4) is 16.9 Å². The number of amides is 2. The van der Waals surface area contributed by atoms with Gasteiger partial charge in [-0.15, -0.1) is 0 Å². The second-order valence-electron chi connectivity index (χ2n) is 18.1. The van der Waals surface area contributed by atoms with E-state index in [4.69, 9.17) is 25.5 Å². The van der Waals surface area contributed by atoms with E-state index >= 15 is 0 Å². The molecule has 6 aromatic rings. The van der Waals surface area contributed by atoms with Gasteiger partial charge in [0.05, 0.1) is 28.0 Å². The highest BCUT2D eigenvalue weighted by Crippen LogP contribution is 2.41. The molecule has 65 heavy (non-hydrogen) atoms. The minimum Gasteiger partial charge on any atom is -0.487 e. The van der Waals surface area contributed by atoms with Crippen LogP contribution < -0.4 is 26.2 Å². The maximum absolute atomic E-state index is 13.1. The molecule has 340 valence electrons. The molecule has 0 saturated carbocycles. The third kappa shape index (κ3) is 12.7. The van der Waals surface area contributed by atoms with Crippen molar-refractivity contribution < 1.29 is 23.5 Å². The number of hydrogen-bond donors (Lipinski definition) is 4. The zero-order valence-corrected chi connectivity index (χ0v) is 39.7. The minimum absolute atomic E-state index is 0.0371. The fraction of sp³-hybridized carbons (Fsp3) is 0.327. The smallest absolute Gasteiger partial charge is 0.411 e. The number of rotatable bonds is 17. The number of pyridine rings is 1. The molecule has 11 nitrogen and oxygen atoms in total. The summed E-state index contributed by atoms with van der Waals surface area (Å²) in [5.74, 6) is 0.477. The van der Waals surface area contributed by atoms with Gasteiger partial charge in [-0.3, -0.25) is 14.9 Å². The monoisotopic (exact) mass is 913 g/mol. The van der Waals surface area contributed by atoms with Gasteiger partial charge in [0.2, 0.25) is 11.5 Å². The summed E-state index contributed by atoms with van der Waals surface area (Å²) in [4.78, 5) is 43.8. The fourth-order valence-corrected chi connectivity index (χ4v) is 9.25. The van der Waals surface area contributed by atoms with Crippen molar-refractivity contribution in [1.29, 1.82) is 0 Å². The summed E-state index contributed by atoms with van der Waals surface area (Å²) in [6.45, 7) is 14.6. The van der Waals surface area contributed by atoms with Crippen LogP contribution in [-0.4, -0.2) is 62.5 Å². The molecule has 1 aromatic heterocycles. The molecule has 1 atom stereocenters. The van der Waals surface area contributed by atoms with E-state index in [-0.39, 0.29) is 28.7 Å². The van der Waals surface area contributed by atoms with Crippen LogP contribution in [0.1, 0.15) is 62.8 Å². The van der Waals surface area contributed by atoms with Gasteiger partial charge in [0.15, 0.2) is 8.32 Å². The Morgan fingerprint density at radius 3 is 2.26 bits per heavy atom. The summed E-state index contributed by atoms with van der Waals surface area (Å²) < 4.78 is 19.1. The Morgan fingerprint density at radius 1 is 0.831 bits per heavy atom. The number of hydrogen-bond acceptors (Lipinski definition) is 8. The number of piperidine rings is 1. The fourth-order valence-electron chi connectivity index (χ4n) is 7.72. The lowest BCUT2D eigenvalue weighted by atomic mass is 10.0. The Labute approximate surface area is 388 Å². The van der Waals surface area contributed by atoms with Crippen LogP contribution in [-0.2, 0) is 27.1 Å². The number of benzene rings is 5. The van der Waals surface area contributed by atoms with Crippen LogP contribution in [0.2, 0.25) is 23.2 Å². The van der Waals surface area contributed by atoms with Gasteiger partial charge in [0.25, 0.3) is 0 Å². The molecule has 2 amide bonds. The van der Waals surface area contributed by atoms with Crippen LogP contribution in [0, 0.1) is 0 Å². The molecule has 1 aliphatic rings. The van der Waals surface area contributed by atoms with Crippen LogP contribution in [0.15, 0.2) is 132 Å². The molecule has 0 unspecified atom stereocenters. The number of halogens is 1. The van der Waals surface area contributed by atoms with Crippen molar-refractivity contribution in [1.82, 2.24) is 15.2 Å². The third-order valence-corrected chi connectivity index (χ3v) is 17.2. The Bertz CT molecular complexity index is 2610. The number of nitrogens with one attached hydrogen (secondary N) is 4. The number of carbonyl (C=O) groups is 2. The Kier molecular flexibility index (Phi) is 15.6. The van der Waals surface area contributed by atoms with Gasteiger partial charge in [-0.05, 0) is 83.6 Å². The van der Waals surface area contributed by atoms with Gasteiger partial charge in [0.1, 0.15) is 18.5 Å². The second-order valence-corrected chi connectivity index (χ2v) is 23.3. The number of anilines is 2. The van der Waals surface area contributed by atoms with E-state index in [2.05, 4.69) is 59.7 Å². The quantitative estimate of drug-likeness (QED) is 0.0665. The summed E-state index contributed by atoms with van der Waals surface area (Å²) in [5, 5.41) is 10.8. The molecule has 0 radical (unpaired) electrons. The zero-order valence-electron chi connectivity index (χ0n) is 37.9. The van der Waals surface area contributed by atoms with E-state index in [1.165, 1.54) is 0 Å². The summed E-state index contributed by atoms with van der Waals surface area (Å²) in [6, 6.07) is 40.6. The van der Waals surface area contributed by atoms with E-state index in [1.807, 2.05) is 121 Å². The van der Waals surface area contributed by atoms with Gasteiger partial charge < -0.3 is 34.4 Å². The summed E-state index contributed by atoms with van der Waals surface area (Å²) >= 11 is 6.74. The van der Waals surface area contributed by atoms with Crippen LogP contribution in [0.5, 0.6) is 5.75 Å². The SMILES string of the molecule is CC(C)(C)[Si](C)(C)O[C@@H](CNCc1ccc(NC(=O)CCN2CCC(OC(=O)Nc3ccccc3-c3ccccc3)CC2)c(Cl)c1)c1ccc(OCc2ccccc2)c2[nH]c(=O)ccc12. The lowest BCUT2D eigenvalue weighted by molar-refractivity contribution is -0.116. The van der Waals surface area contributed by atoms with Crippen LogP contribution in [0.25, 0.3) is 22.0 Å². The highest BCUT2D eigenvalue weighted by molar-refractivity contribution is 6.74. The lowest BCUT2D eigenvalue weighted by Crippen LogP contribution is -2.43. The normalized spacial score (nSPS) is 14.2. The van der Waals surface area contributed by atoms with Crippen LogP contribution in [0.4, 0.5) is 16.2 Å². The molecule has 0 aliphatic carbocycles. The zero-order chi connectivity index (χ0) is 46.0. The van der Waals surface area contributed by atoms with Crippen molar-refractivity contribution in [2.24, 2.45) is 0 Å². The van der Waals surface area contributed by atoms with Crippen molar-refractivity contribution in [3.63, 3.8) is 0 Å².